The van der Waals surface area contributed by atoms with E-state index in [1.807, 2.05) is 0 Å². The van der Waals surface area contributed by atoms with Crippen molar-refractivity contribution in [2.24, 2.45) is 0 Å². The van der Waals surface area contributed by atoms with E-state index in [0.29, 0.717) is 6.61 Å². The molecule has 0 radical (unpaired) electrons. The summed E-state index contributed by atoms with van der Waals surface area (Å²) in [6, 6.07) is 1.75. The van der Waals surface area contributed by atoms with Gasteiger partial charge in [-0.3, -0.25) is 4.79 Å². The highest BCUT2D eigenvalue weighted by Crippen LogP contribution is 1.98. The van der Waals surface area contributed by atoms with E-state index in [-0.39, 0.29) is 11.4 Å². The summed E-state index contributed by atoms with van der Waals surface area (Å²) in [5, 5.41) is 7.32. The van der Waals surface area contributed by atoms with Crippen LogP contribution in [0.3, 0.4) is 0 Å². The number of hydrogen-bond donors (Lipinski definition) is 0. The first-order chi connectivity index (χ1) is 6.68. The Bertz CT molecular complexity index is 154. The molecule has 1 heterocycles. The van der Waals surface area contributed by atoms with Crippen LogP contribution in [0.25, 0.3) is 0 Å². The molecule has 1 aliphatic heterocycles. The quantitative estimate of drug-likeness (QED) is 0.617. The molecule has 0 amide bonds. The number of nitriles is 1. The van der Waals surface area contributed by atoms with Crippen LogP contribution in [0.5, 0.6) is 0 Å². The number of hydrogen-bond acceptors (Lipinski definition) is 4. The third-order valence-electron chi connectivity index (χ3n) is 1.17. The van der Waals surface area contributed by atoms with E-state index in [2.05, 4.69) is 4.74 Å². The zero-order chi connectivity index (χ0) is 11.2. The highest BCUT2D eigenvalue weighted by Gasteiger charge is 1.94. The van der Waals surface area contributed by atoms with Gasteiger partial charge in [0.25, 0.3) is 0 Å². The second-order valence-corrected chi connectivity index (χ2v) is 2.47. The lowest BCUT2D eigenvalue weighted by Crippen LogP contribution is -1.95. The van der Waals surface area contributed by atoms with Crippen LogP contribution in [0.1, 0.15) is 33.6 Å². The maximum Gasteiger partial charge on any atom is 0.302 e. The summed E-state index contributed by atoms with van der Waals surface area (Å²) < 4.78 is 9.35. The van der Waals surface area contributed by atoms with Crippen LogP contribution in [0, 0.1) is 11.3 Å². The standard InChI is InChI=1S/C4H8O2.C4H8O.C2H3N.H2O/c1-3-6-4(2)5;1-2-4-5-3-1;1-2-3;/h3H2,1-2H3;1-4H2;1H3;1H2. The molecular weight excluding hydrogens is 198 g/mol. The molecule has 15 heavy (non-hydrogen) atoms. The Morgan fingerprint density at radius 1 is 1.47 bits per heavy atom. The van der Waals surface area contributed by atoms with Crippen molar-refractivity contribution in [3.63, 3.8) is 0 Å². The number of nitrogens with zero attached hydrogens (tertiary/aromatic N) is 1. The van der Waals surface area contributed by atoms with Gasteiger partial charge in [0, 0.05) is 27.1 Å². The first-order valence-electron chi connectivity index (χ1n) is 4.70. The van der Waals surface area contributed by atoms with Crippen LogP contribution in [0.15, 0.2) is 0 Å². The van der Waals surface area contributed by atoms with Gasteiger partial charge in [-0.2, -0.15) is 5.26 Å². The van der Waals surface area contributed by atoms with Gasteiger partial charge >= 0.3 is 5.97 Å². The number of ether oxygens (including phenoxy) is 2. The first-order valence-corrected chi connectivity index (χ1v) is 4.70. The minimum atomic E-state index is -0.211. The molecule has 1 aliphatic rings. The molecule has 0 spiro atoms. The van der Waals surface area contributed by atoms with E-state index in [1.54, 1.807) is 13.0 Å². The largest absolute Gasteiger partial charge is 0.466 e. The van der Waals surface area contributed by atoms with Gasteiger partial charge in [-0.05, 0) is 19.8 Å². The zero-order valence-corrected chi connectivity index (χ0v) is 9.71. The average Bonchev–Trinajstić information content (AvgIpc) is 2.61. The first kappa shape index (κ1) is 19.5. The van der Waals surface area contributed by atoms with Gasteiger partial charge in [-0.1, -0.05) is 0 Å². The van der Waals surface area contributed by atoms with Crippen molar-refractivity contribution in [3.05, 3.63) is 0 Å². The van der Waals surface area contributed by atoms with Gasteiger partial charge in [0.2, 0.25) is 0 Å². The lowest BCUT2D eigenvalue weighted by molar-refractivity contribution is -0.140. The van der Waals surface area contributed by atoms with Crippen molar-refractivity contribution >= 4 is 5.97 Å². The number of carbonyl (C=O) groups is 1. The van der Waals surface area contributed by atoms with Gasteiger partial charge in [0.1, 0.15) is 0 Å². The van der Waals surface area contributed by atoms with Gasteiger partial charge in [-0.25, -0.2) is 0 Å². The molecule has 1 rings (SSSR count). The molecule has 0 aliphatic carbocycles. The molecule has 0 aromatic rings. The molecule has 0 aromatic carbocycles. The normalized spacial score (nSPS) is 11.6. The molecule has 0 atom stereocenters. The predicted molar refractivity (Wildman–Crippen MR) is 57.3 cm³/mol. The van der Waals surface area contributed by atoms with Crippen molar-refractivity contribution < 1.29 is 19.7 Å². The van der Waals surface area contributed by atoms with Gasteiger partial charge in [0.05, 0.1) is 12.7 Å². The zero-order valence-electron chi connectivity index (χ0n) is 9.71. The molecule has 5 nitrogen and oxygen atoms in total. The Morgan fingerprint density at radius 3 is 1.93 bits per heavy atom. The molecular formula is C10H21NO4. The van der Waals surface area contributed by atoms with E-state index < -0.39 is 0 Å². The summed E-state index contributed by atoms with van der Waals surface area (Å²) >= 11 is 0. The molecule has 1 saturated heterocycles. The molecule has 1 fully saturated rings. The van der Waals surface area contributed by atoms with Crippen molar-refractivity contribution in [1.29, 1.82) is 5.26 Å². The summed E-state index contributed by atoms with van der Waals surface area (Å²) in [5.74, 6) is -0.211. The summed E-state index contributed by atoms with van der Waals surface area (Å²) in [5.41, 5.74) is 0. The lowest BCUT2D eigenvalue weighted by atomic mass is 10.4. The molecule has 5 heteroatoms. The Hall–Kier alpha value is -1.12. The molecule has 90 valence electrons. The Morgan fingerprint density at radius 2 is 1.87 bits per heavy atom. The lowest BCUT2D eigenvalue weighted by Gasteiger charge is -1.89. The average molecular weight is 219 g/mol. The summed E-state index contributed by atoms with van der Waals surface area (Å²) in [7, 11) is 0. The summed E-state index contributed by atoms with van der Waals surface area (Å²) in [6.45, 7) is 7.08. The van der Waals surface area contributed by atoms with Crippen LogP contribution in [-0.2, 0) is 14.3 Å². The molecule has 0 saturated carbocycles. The topological polar surface area (TPSA) is 90.8 Å². The van der Waals surface area contributed by atoms with E-state index in [1.165, 1.54) is 26.7 Å². The maximum absolute atomic E-state index is 9.82. The van der Waals surface area contributed by atoms with E-state index in [4.69, 9.17) is 10.00 Å². The number of rotatable bonds is 1. The molecule has 2 N–H and O–H groups in total. The van der Waals surface area contributed by atoms with Crippen molar-refractivity contribution in [1.82, 2.24) is 0 Å². The Kier molecular flexibility index (Phi) is 24.1. The van der Waals surface area contributed by atoms with Crippen LogP contribution in [0.4, 0.5) is 0 Å². The molecule has 0 unspecified atom stereocenters. The third-order valence-corrected chi connectivity index (χ3v) is 1.17. The third kappa shape index (κ3) is 32.2. The highest BCUT2D eigenvalue weighted by atomic mass is 16.5. The van der Waals surface area contributed by atoms with Crippen LogP contribution < -0.4 is 0 Å². The fourth-order valence-corrected chi connectivity index (χ4v) is 0.714. The van der Waals surface area contributed by atoms with Gasteiger partial charge in [-0.15, -0.1) is 0 Å². The van der Waals surface area contributed by atoms with Gasteiger partial charge < -0.3 is 14.9 Å². The maximum atomic E-state index is 9.82. The van der Waals surface area contributed by atoms with Crippen LogP contribution >= 0.6 is 0 Å². The van der Waals surface area contributed by atoms with Crippen molar-refractivity contribution in [2.75, 3.05) is 19.8 Å². The monoisotopic (exact) mass is 219 g/mol. The predicted octanol–water partition coefficient (Wildman–Crippen LogP) is 1.07. The van der Waals surface area contributed by atoms with Crippen molar-refractivity contribution in [2.45, 2.75) is 33.6 Å². The van der Waals surface area contributed by atoms with Crippen LogP contribution in [-0.4, -0.2) is 31.3 Å². The number of esters is 1. The minimum absolute atomic E-state index is 0. The Balaban J connectivity index is -0.000000147. The van der Waals surface area contributed by atoms with Gasteiger partial charge in [0.15, 0.2) is 0 Å². The van der Waals surface area contributed by atoms with E-state index >= 15 is 0 Å². The van der Waals surface area contributed by atoms with Crippen molar-refractivity contribution in [3.8, 4) is 6.07 Å². The fourth-order valence-electron chi connectivity index (χ4n) is 0.714. The second-order valence-electron chi connectivity index (χ2n) is 2.47. The molecule has 0 aromatic heterocycles. The minimum Gasteiger partial charge on any atom is -0.466 e. The SMILES string of the molecule is C1CCOC1.CC#N.CCOC(C)=O.O. The number of carbonyl (C=O) groups excluding carboxylic acids is 1. The summed E-state index contributed by atoms with van der Waals surface area (Å²) in [4.78, 5) is 9.82. The second kappa shape index (κ2) is 18.6. The molecule has 0 bridgehead atoms. The fraction of sp³-hybridized carbons (Fsp3) is 0.800. The van der Waals surface area contributed by atoms with E-state index in [0.717, 1.165) is 13.2 Å². The van der Waals surface area contributed by atoms with E-state index in [9.17, 15) is 4.79 Å². The summed E-state index contributed by atoms with van der Waals surface area (Å²) in [6.07, 6.45) is 2.56. The Labute approximate surface area is 91.3 Å². The smallest absolute Gasteiger partial charge is 0.302 e. The highest BCUT2D eigenvalue weighted by molar-refractivity contribution is 5.65. The van der Waals surface area contributed by atoms with Crippen LogP contribution in [0.2, 0.25) is 0 Å².